The molecule has 10 heavy (non-hydrogen) atoms. The molecule has 0 bridgehead atoms. The summed E-state index contributed by atoms with van der Waals surface area (Å²) in [5.41, 5.74) is 0. The monoisotopic (exact) mass is 144 g/mol. The third-order valence-corrected chi connectivity index (χ3v) is 2.18. The molecule has 0 aromatic carbocycles. The maximum atomic E-state index is 8.73. The lowest BCUT2D eigenvalue weighted by Crippen LogP contribution is -2.16. The highest BCUT2D eigenvalue weighted by molar-refractivity contribution is 4.65. The molecule has 0 saturated carbocycles. The highest BCUT2D eigenvalue weighted by Gasteiger charge is 2.15. The van der Waals surface area contributed by atoms with Crippen molar-refractivity contribution in [2.24, 2.45) is 17.8 Å². The van der Waals surface area contributed by atoms with Crippen LogP contribution in [0.4, 0.5) is 0 Å². The summed E-state index contributed by atoms with van der Waals surface area (Å²) < 4.78 is 0. The zero-order valence-corrected chi connectivity index (χ0v) is 7.59. The molecule has 0 aliphatic heterocycles. The Balaban J connectivity index is 3.73. The first-order valence-electron chi connectivity index (χ1n) is 4.20. The van der Waals surface area contributed by atoms with Crippen LogP contribution in [-0.4, -0.2) is 11.7 Å². The molecule has 0 fully saturated rings. The third kappa shape index (κ3) is 3.21. The molecule has 0 radical (unpaired) electrons. The van der Waals surface area contributed by atoms with E-state index in [9.17, 15) is 0 Å². The lowest BCUT2D eigenvalue weighted by molar-refractivity contribution is 0.195. The zero-order chi connectivity index (χ0) is 8.15. The van der Waals surface area contributed by atoms with Crippen molar-refractivity contribution in [3.63, 3.8) is 0 Å². The van der Waals surface area contributed by atoms with Crippen LogP contribution in [0.1, 0.15) is 34.1 Å². The zero-order valence-electron chi connectivity index (χ0n) is 7.59. The molecular weight excluding hydrogens is 124 g/mol. The maximum absolute atomic E-state index is 8.73. The molecular formula is C9H20O. The number of hydrogen-bond donors (Lipinski definition) is 1. The van der Waals surface area contributed by atoms with Gasteiger partial charge in [-0.1, -0.05) is 27.7 Å². The fourth-order valence-corrected chi connectivity index (χ4v) is 1.59. The van der Waals surface area contributed by atoms with Gasteiger partial charge in [-0.05, 0) is 24.2 Å². The van der Waals surface area contributed by atoms with E-state index < -0.39 is 0 Å². The molecule has 1 N–H and O–H groups in total. The van der Waals surface area contributed by atoms with Gasteiger partial charge in [-0.15, -0.1) is 0 Å². The molecule has 0 atom stereocenters. The summed E-state index contributed by atoms with van der Waals surface area (Å²) in [6.45, 7) is 9.22. The number of rotatable bonds is 4. The smallest absolute Gasteiger partial charge is 0.0433 e. The predicted octanol–water partition coefficient (Wildman–Crippen LogP) is 2.30. The van der Waals surface area contributed by atoms with Crippen molar-refractivity contribution in [2.45, 2.75) is 34.1 Å². The first-order valence-corrected chi connectivity index (χ1v) is 4.20. The fourth-order valence-electron chi connectivity index (χ4n) is 1.59. The summed E-state index contributed by atoms with van der Waals surface area (Å²) in [7, 11) is 0. The molecule has 62 valence electrons. The Morgan fingerprint density at radius 1 is 1.00 bits per heavy atom. The molecule has 0 saturated heterocycles. The summed E-state index contributed by atoms with van der Waals surface area (Å²) >= 11 is 0. The average Bonchev–Trinajstić information content (AvgIpc) is 1.81. The quantitative estimate of drug-likeness (QED) is 0.642. The molecule has 1 nitrogen and oxygen atoms in total. The minimum Gasteiger partial charge on any atom is -0.396 e. The summed E-state index contributed by atoms with van der Waals surface area (Å²) in [5.74, 6) is 2.09. The van der Waals surface area contributed by atoms with Crippen LogP contribution in [0.5, 0.6) is 0 Å². The van der Waals surface area contributed by atoms with Crippen LogP contribution < -0.4 is 0 Å². The van der Waals surface area contributed by atoms with Gasteiger partial charge in [0.25, 0.3) is 0 Å². The Morgan fingerprint density at radius 2 is 1.40 bits per heavy atom. The van der Waals surface area contributed by atoms with Gasteiger partial charge in [0.15, 0.2) is 0 Å². The van der Waals surface area contributed by atoms with E-state index in [0.29, 0.717) is 24.4 Å². The predicted molar refractivity (Wildman–Crippen MR) is 44.9 cm³/mol. The molecule has 0 aromatic heterocycles. The average molecular weight is 144 g/mol. The van der Waals surface area contributed by atoms with Gasteiger partial charge in [0.1, 0.15) is 0 Å². The Bertz CT molecular complexity index is 68.8. The lowest BCUT2D eigenvalue weighted by atomic mass is 9.83. The molecule has 0 rings (SSSR count). The van der Waals surface area contributed by atoms with Crippen LogP contribution in [-0.2, 0) is 0 Å². The topological polar surface area (TPSA) is 20.2 Å². The van der Waals surface area contributed by atoms with Crippen LogP contribution in [0.15, 0.2) is 0 Å². The highest BCUT2D eigenvalue weighted by atomic mass is 16.3. The fraction of sp³-hybridized carbons (Fsp3) is 1.00. The Hall–Kier alpha value is -0.0400. The summed E-state index contributed by atoms with van der Waals surface area (Å²) in [6, 6.07) is 0. The molecule has 0 aliphatic carbocycles. The van der Waals surface area contributed by atoms with E-state index in [1.54, 1.807) is 0 Å². The summed E-state index contributed by atoms with van der Waals surface area (Å²) in [4.78, 5) is 0. The van der Waals surface area contributed by atoms with Crippen LogP contribution in [0.25, 0.3) is 0 Å². The van der Waals surface area contributed by atoms with Gasteiger partial charge in [-0.3, -0.25) is 0 Å². The molecule has 0 unspecified atom stereocenters. The van der Waals surface area contributed by atoms with Crippen LogP contribution in [0.3, 0.4) is 0 Å². The molecule has 0 aliphatic rings. The molecule has 0 heterocycles. The second-order valence-electron chi connectivity index (χ2n) is 3.66. The standard InChI is InChI=1S/C9H20O/c1-7(2)9(5-6-10)8(3)4/h7-10H,5-6H2,1-4H3. The highest BCUT2D eigenvalue weighted by Crippen LogP contribution is 2.23. The molecule has 0 spiro atoms. The van der Waals surface area contributed by atoms with Gasteiger partial charge >= 0.3 is 0 Å². The first-order chi connectivity index (χ1) is 4.59. The molecule has 1 heteroatoms. The van der Waals surface area contributed by atoms with E-state index in [4.69, 9.17) is 5.11 Å². The van der Waals surface area contributed by atoms with Gasteiger partial charge in [0.2, 0.25) is 0 Å². The van der Waals surface area contributed by atoms with E-state index in [1.807, 2.05) is 0 Å². The van der Waals surface area contributed by atoms with Gasteiger partial charge in [0, 0.05) is 6.61 Å². The van der Waals surface area contributed by atoms with Crippen molar-refractivity contribution < 1.29 is 5.11 Å². The van der Waals surface area contributed by atoms with Crippen molar-refractivity contribution in [3.05, 3.63) is 0 Å². The van der Waals surface area contributed by atoms with E-state index in [1.165, 1.54) is 0 Å². The van der Waals surface area contributed by atoms with Gasteiger partial charge < -0.3 is 5.11 Å². The SMILES string of the molecule is CC(C)C(CCO)C(C)C. The number of hydrogen-bond acceptors (Lipinski definition) is 1. The summed E-state index contributed by atoms with van der Waals surface area (Å²) in [6.07, 6.45) is 0.954. The number of aliphatic hydroxyl groups excluding tert-OH is 1. The minimum atomic E-state index is 0.334. The second-order valence-corrected chi connectivity index (χ2v) is 3.66. The minimum absolute atomic E-state index is 0.334. The van der Waals surface area contributed by atoms with Crippen LogP contribution >= 0.6 is 0 Å². The van der Waals surface area contributed by atoms with Crippen LogP contribution in [0.2, 0.25) is 0 Å². The first kappa shape index (κ1) is 9.96. The molecule has 0 amide bonds. The largest absolute Gasteiger partial charge is 0.396 e. The van der Waals surface area contributed by atoms with Crippen molar-refractivity contribution in [1.29, 1.82) is 0 Å². The molecule has 0 aromatic rings. The van der Waals surface area contributed by atoms with Crippen molar-refractivity contribution in [2.75, 3.05) is 6.61 Å². The maximum Gasteiger partial charge on any atom is 0.0433 e. The summed E-state index contributed by atoms with van der Waals surface area (Å²) in [5, 5.41) is 8.73. The van der Waals surface area contributed by atoms with E-state index >= 15 is 0 Å². The van der Waals surface area contributed by atoms with Crippen LogP contribution in [0, 0.1) is 17.8 Å². The number of aliphatic hydroxyl groups is 1. The Kier molecular flexibility index (Phi) is 4.71. The van der Waals surface area contributed by atoms with E-state index in [0.717, 1.165) is 6.42 Å². The Labute approximate surface area is 64.5 Å². The van der Waals surface area contributed by atoms with Crippen molar-refractivity contribution in [3.8, 4) is 0 Å². The van der Waals surface area contributed by atoms with Gasteiger partial charge in [-0.25, -0.2) is 0 Å². The van der Waals surface area contributed by atoms with Crippen molar-refractivity contribution in [1.82, 2.24) is 0 Å². The normalized spacial score (nSPS) is 12.0. The van der Waals surface area contributed by atoms with Gasteiger partial charge in [0.05, 0.1) is 0 Å². The second kappa shape index (κ2) is 4.73. The van der Waals surface area contributed by atoms with Crippen molar-refractivity contribution >= 4 is 0 Å². The lowest BCUT2D eigenvalue weighted by Gasteiger charge is -2.23. The Morgan fingerprint density at radius 3 is 1.50 bits per heavy atom. The van der Waals surface area contributed by atoms with E-state index in [-0.39, 0.29) is 0 Å². The van der Waals surface area contributed by atoms with Gasteiger partial charge in [-0.2, -0.15) is 0 Å². The third-order valence-electron chi connectivity index (χ3n) is 2.18. The van der Waals surface area contributed by atoms with E-state index in [2.05, 4.69) is 27.7 Å².